The van der Waals surface area contributed by atoms with Crippen LogP contribution < -0.4 is 0 Å². The second-order valence-electron chi connectivity index (χ2n) is 26.6. The fraction of sp³-hybridized carbons (Fsp3) is 0.778. The van der Waals surface area contributed by atoms with E-state index in [0.29, 0.717) is 32.1 Å². The Hall–Kier alpha value is -3.76. The Labute approximate surface area is 608 Å². The average Bonchev–Trinajstić information content (AvgIpc) is 0.929. The lowest BCUT2D eigenvalue weighted by Gasteiger charge is -2.21. The smallest absolute Gasteiger partial charge is 0.462 e. The Morgan fingerprint density at radius 1 is 0.290 bits per heavy atom. The van der Waals surface area contributed by atoms with E-state index in [0.717, 1.165) is 116 Å². The molecular weight excluding hydrogens is 1310 g/mol. The van der Waals surface area contributed by atoms with Crippen molar-refractivity contribution >= 4 is 39.5 Å². The van der Waals surface area contributed by atoms with E-state index in [1.54, 1.807) is 0 Å². The van der Waals surface area contributed by atoms with Crippen LogP contribution in [0.15, 0.2) is 85.1 Å². The second-order valence-corrected chi connectivity index (χ2v) is 29.5. The minimum Gasteiger partial charge on any atom is -0.462 e. The molecule has 0 aliphatic heterocycles. The van der Waals surface area contributed by atoms with Crippen LogP contribution in [0, 0.1) is 0 Å². The first-order valence-electron chi connectivity index (χ1n) is 39.8. The van der Waals surface area contributed by atoms with Gasteiger partial charge < -0.3 is 33.8 Å². The number of esters is 4. The maximum absolute atomic E-state index is 13.1. The van der Waals surface area contributed by atoms with Gasteiger partial charge in [-0.1, -0.05) is 318 Å². The molecule has 0 aliphatic carbocycles. The lowest BCUT2D eigenvalue weighted by atomic mass is 10.0. The molecule has 3 N–H and O–H groups in total. The quantitative estimate of drug-likeness (QED) is 0.0169. The van der Waals surface area contributed by atoms with E-state index in [1.165, 1.54) is 148 Å². The number of phosphoric acid groups is 2. The highest BCUT2D eigenvalue weighted by molar-refractivity contribution is 7.47. The van der Waals surface area contributed by atoms with E-state index >= 15 is 0 Å². The fourth-order valence-corrected chi connectivity index (χ4v) is 12.4. The van der Waals surface area contributed by atoms with Gasteiger partial charge in [-0.25, -0.2) is 9.13 Å². The number of hydrogen-bond donors (Lipinski definition) is 3. The van der Waals surface area contributed by atoms with E-state index in [4.69, 9.17) is 37.0 Å². The summed E-state index contributed by atoms with van der Waals surface area (Å²) in [6.07, 6.45) is 75.8. The predicted octanol–water partition coefficient (Wildman–Crippen LogP) is 23.0. The third-order valence-electron chi connectivity index (χ3n) is 16.9. The van der Waals surface area contributed by atoms with Gasteiger partial charge in [0.2, 0.25) is 0 Å². The number of aliphatic hydroxyl groups excluding tert-OH is 1. The third kappa shape index (κ3) is 72.6. The summed E-state index contributed by atoms with van der Waals surface area (Å²) in [6.45, 7) is 4.71. The topological polar surface area (TPSA) is 237 Å². The van der Waals surface area contributed by atoms with E-state index in [2.05, 4.69) is 94.5 Å². The molecule has 100 heavy (non-hydrogen) atoms. The van der Waals surface area contributed by atoms with E-state index in [-0.39, 0.29) is 25.7 Å². The second kappa shape index (κ2) is 73.5. The zero-order valence-corrected chi connectivity index (χ0v) is 65.2. The summed E-state index contributed by atoms with van der Waals surface area (Å²) in [5.41, 5.74) is 0. The maximum atomic E-state index is 13.1. The van der Waals surface area contributed by atoms with E-state index < -0.39 is 97.5 Å². The Kier molecular flexibility index (Phi) is 70.8. The van der Waals surface area contributed by atoms with Crippen molar-refractivity contribution in [3.05, 3.63) is 85.1 Å². The zero-order valence-electron chi connectivity index (χ0n) is 63.4. The number of aliphatic hydroxyl groups is 1. The van der Waals surface area contributed by atoms with Gasteiger partial charge in [-0.3, -0.25) is 37.3 Å². The molecule has 0 radical (unpaired) electrons. The number of carbonyl (C=O) groups is 4. The number of unbranched alkanes of at least 4 members (excludes halogenated alkanes) is 35. The Morgan fingerprint density at radius 2 is 0.540 bits per heavy atom. The molecule has 17 nitrogen and oxygen atoms in total. The van der Waals surface area contributed by atoms with Gasteiger partial charge in [0.1, 0.15) is 19.3 Å². The monoisotopic (exact) mass is 1450 g/mol. The Bertz CT molecular complexity index is 2230. The van der Waals surface area contributed by atoms with Crippen molar-refractivity contribution in [2.45, 2.75) is 367 Å². The van der Waals surface area contributed by atoms with Crippen LogP contribution in [-0.2, 0) is 65.4 Å². The fourth-order valence-electron chi connectivity index (χ4n) is 10.8. The van der Waals surface area contributed by atoms with Crippen molar-refractivity contribution in [2.75, 3.05) is 39.6 Å². The first-order chi connectivity index (χ1) is 48.7. The van der Waals surface area contributed by atoms with E-state index in [9.17, 15) is 43.2 Å². The molecule has 19 heteroatoms. The average molecular weight is 1450 g/mol. The van der Waals surface area contributed by atoms with Crippen LogP contribution in [0.3, 0.4) is 0 Å². The minimum atomic E-state index is -4.99. The van der Waals surface area contributed by atoms with Gasteiger partial charge in [-0.2, -0.15) is 0 Å². The minimum absolute atomic E-state index is 0.0271. The van der Waals surface area contributed by atoms with Crippen LogP contribution >= 0.6 is 15.6 Å². The SMILES string of the molecule is CC/C=C\C/C=C\C/C=C\C/C=C\C/C=C\C/C=C\CCC(=O)O[C@H](COC(=O)CCCCCCCCCCCCCCC)COP(=O)(O)OC[C@H](O)COP(=O)(O)OC[C@@H](COC(=O)CCCCCCCCC/C=C\CCCCCC)OC(=O)CCCCCCCCCCCCCCC. The predicted molar refractivity (Wildman–Crippen MR) is 409 cm³/mol. The normalized spacial score (nSPS) is 14.3. The standard InChI is InChI=1S/C81H144O17P2/c1-5-9-13-17-21-25-29-33-35-36-37-38-40-44-48-52-56-60-64-68-81(86)98-77(71-91-78(83)65-61-57-53-49-45-41-31-27-23-19-15-11-7-3)74-96-100(89,90)94-70-75(82)69-93-99(87,88)95-73-76(97-80(85)67-63-59-55-51-47-42-32-28-24-20-16-12-8-4)72-92-79(84)66-62-58-54-50-46-43-39-34-30-26-22-18-14-10-6-2/h9,13,21,25-26,30,33,35,37-38,44,48,56,60,75-77,82H,5-8,10-12,14-20,22-24,27-29,31-32,34,36,39-43,45-47,49-55,57-59,61-74H2,1-4H3,(H,87,88)(H,89,90)/b13-9-,25-21-,30-26-,35-33-,38-37-,48-44-,60-56-/t75-,76-,77-/m1/s1. The molecule has 0 saturated carbocycles. The highest BCUT2D eigenvalue weighted by Gasteiger charge is 2.30. The molecule has 0 saturated heterocycles. The molecular formula is C81H144O17P2. The lowest BCUT2D eigenvalue weighted by Crippen LogP contribution is -2.30. The van der Waals surface area contributed by atoms with E-state index in [1.807, 2.05) is 18.2 Å². The zero-order chi connectivity index (χ0) is 73.2. The molecule has 0 heterocycles. The Morgan fingerprint density at radius 3 is 0.870 bits per heavy atom. The summed E-state index contributed by atoms with van der Waals surface area (Å²) in [7, 11) is -9.96. The van der Waals surface area contributed by atoms with Crippen LogP contribution in [-0.4, -0.2) is 96.7 Å². The van der Waals surface area contributed by atoms with Crippen LogP contribution in [0.2, 0.25) is 0 Å². The lowest BCUT2D eigenvalue weighted by molar-refractivity contribution is -0.161. The van der Waals surface area contributed by atoms with Gasteiger partial charge in [0.05, 0.1) is 26.4 Å². The van der Waals surface area contributed by atoms with Crippen molar-refractivity contribution in [2.24, 2.45) is 0 Å². The molecule has 0 amide bonds. The van der Waals surface area contributed by atoms with Crippen molar-refractivity contribution in [3.8, 4) is 0 Å². The molecule has 0 aromatic carbocycles. The van der Waals surface area contributed by atoms with Crippen molar-refractivity contribution in [1.82, 2.24) is 0 Å². The van der Waals surface area contributed by atoms with Crippen molar-refractivity contribution < 1.29 is 80.2 Å². The van der Waals surface area contributed by atoms with Gasteiger partial charge in [0.15, 0.2) is 12.2 Å². The number of carbonyl (C=O) groups excluding carboxylic acids is 4. The molecule has 580 valence electrons. The maximum Gasteiger partial charge on any atom is 0.472 e. The van der Waals surface area contributed by atoms with Gasteiger partial charge in [-0.05, 0) is 89.9 Å². The number of hydrogen-bond acceptors (Lipinski definition) is 15. The summed E-state index contributed by atoms with van der Waals surface area (Å²) in [6, 6.07) is 0. The number of ether oxygens (including phenoxy) is 4. The van der Waals surface area contributed by atoms with Gasteiger partial charge in [0.25, 0.3) is 0 Å². The number of allylic oxidation sites excluding steroid dienone is 14. The molecule has 0 aromatic rings. The van der Waals surface area contributed by atoms with Crippen LogP contribution in [0.1, 0.15) is 349 Å². The van der Waals surface area contributed by atoms with Crippen LogP contribution in [0.25, 0.3) is 0 Å². The van der Waals surface area contributed by atoms with Gasteiger partial charge in [-0.15, -0.1) is 0 Å². The third-order valence-corrected chi connectivity index (χ3v) is 18.8. The number of rotatable bonds is 75. The summed E-state index contributed by atoms with van der Waals surface area (Å²) < 4.78 is 68.5. The van der Waals surface area contributed by atoms with Crippen LogP contribution in [0.4, 0.5) is 0 Å². The summed E-state index contributed by atoms with van der Waals surface area (Å²) in [5, 5.41) is 10.6. The largest absolute Gasteiger partial charge is 0.472 e. The highest BCUT2D eigenvalue weighted by atomic mass is 31.2. The van der Waals surface area contributed by atoms with Gasteiger partial charge in [0, 0.05) is 25.7 Å². The summed E-state index contributed by atoms with van der Waals surface area (Å²) in [5.74, 6) is -2.25. The highest BCUT2D eigenvalue weighted by Crippen LogP contribution is 2.45. The molecule has 0 rings (SSSR count). The molecule has 2 unspecified atom stereocenters. The summed E-state index contributed by atoms with van der Waals surface area (Å²) in [4.78, 5) is 72.9. The Balaban J connectivity index is 5.39. The molecule has 0 fully saturated rings. The molecule has 0 aromatic heterocycles. The summed E-state index contributed by atoms with van der Waals surface area (Å²) >= 11 is 0. The first-order valence-corrected chi connectivity index (χ1v) is 42.8. The van der Waals surface area contributed by atoms with Crippen LogP contribution in [0.5, 0.6) is 0 Å². The van der Waals surface area contributed by atoms with Gasteiger partial charge >= 0.3 is 39.5 Å². The first kappa shape index (κ1) is 96.2. The van der Waals surface area contributed by atoms with Crippen molar-refractivity contribution in [3.63, 3.8) is 0 Å². The molecule has 0 spiro atoms. The molecule has 5 atom stereocenters. The molecule has 0 aliphatic rings. The number of phosphoric ester groups is 2. The van der Waals surface area contributed by atoms with Crippen molar-refractivity contribution in [1.29, 1.82) is 0 Å². The molecule has 0 bridgehead atoms.